The Labute approximate surface area is 114 Å². The molecule has 1 aliphatic rings. The highest BCUT2D eigenvalue weighted by Gasteiger charge is 2.28. The van der Waals surface area contributed by atoms with E-state index >= 15 is 0 Å². The number of rotatable bonds is 3. The molecule has 0 radical (unpaired) electrons. The fraction of sp³-hybridized carbons (Fsp3) is 0.429. The van der Waals surface area contributed by atoms with Gasteiger partial charge in [0.2, 0.25) is 0 Å². The lowest BCUT2D eigenvalue weighted by Gasteiger charge is -2.27. The third-order valence-corrected chi connectivity index (χ3v) is 3.48. The third-order valence-electron chi connectivity index (χ3n) is 3.48. The highest BCUT2D eigenvalue weighted by Crippen LogP contribution is 2.24. The standard InChI is InChI=1S/C14H15F2NO3/c15-10-4-9(5-11(16)7-10)13(18)17-12-3-1-2-8(6-12)14(19)20/h4-5,7-8,12H,1-3,6H2,(H,17,18)(H,19,20). The Morgan fingerprint density at radius 1 is 1.15 bits per heavy atom. The molecule has 0 bridgehead atoms. The summed E-state index contributed by atoms with van der Waals surface area (Å²) in [4.78, 5) is 22.8. The lowest BCUT2D eigenvalue weighted by atomic mass is 9.85. The second-order valence-corrected chi connectivity index (χ2v) is 5.03. The minimum absolute atomic E-state index is 0.0973. The number of carbonyl (C=O) groups is 2. The van der Waals surface area contributed by atoms with Crippen LogP contribution in [0, 0.1) is 17.6 Å². The average molecular weight is 283 g/mol. The van der Waals surface area contributed by atoms with E-state index in [0.717, 1.165) is 12.1 Å². The molecular formula is C14H15F2NO3. The second-order valence-electron chi connectivity index (χ2n) is 5.03. The number of carboxylic acids is 1. The van der Waals surface area contributed by atoms with Crippen LogP contribution in [-0.4, -0.2) is 23.0 Å². The number of hydrogen-bond donors (Lipinski definition) is 2. The molecule has 2 rings (SSSR count). The maximum Gasteiger partial charge on any atom is 0.306 e. The van der Waals surface area contributed by atoms with Gasteiger partial charge in [0.1, 0.15) is 11.6 Å². The van der Waals surface area contributed by atoms with E-state index in [4.69, 9.17) is 5.11 Å². The summed E-state index contributed by atoms with van der Waals surface area (Å²) in [6.07, 6.45) is 2.32. The highest BCUT2D eigenvalue weighted by atomic mass is 19.1. The van der Waals surface area contributed by atoms with Crippen LogP contribution in [0.4, 0.5) is 8.78 Å². The smallest absolute Gasteiger partial charge is 0.306 e. The van der Waals surface area contributed by atoms with E-state index in [9.17, 15) is 18.4 Å². The molecule has 0 aliphatic heterocycles. The van der Waals surface area contributed by atoms with Crippen molar-refractivity contribution in [3.05, 3.63) is 35.4 Å². The summed E-state index contributed by atoms with van der Waals surface area (Å²) < 4.78 is 26.1. The van der Waals surface area contributed by atoms with Crippen molar-refractivity contribution >= 4 is 11.9 Å². The van der Waals surface area contributed by atoms with Crippen LogP contribution in [0.5, 0.6) is 0 Å². The summed E-state index contributed by atoms with van der Waals surface area (Å²) in [5, 5.41) is 11.6. The van der Waals surface area contributed by atoms with E-state index in [0.29, 0.717) is 31.7 Å². The van der Waals surface area contributed by atoms with Gasteiger partial charge in [0.05, 0.1) is 5.92 Å². The number of benzene rings is 1. The minimum Gasteiger partial charge on any atom is -0.481 e. The van der Waals surface area contributed by atoms with Crippen molar-refractivity contribution in [3.8, 4) is 0 Å². The molecule has 1 aromatic rings. The Morgan fingerprint density at radius 3 is 2.40 bits per heavy atom. The van der Waals surface area contributed by atoms with E-state index < -0.39 is 29.4 Å². The fourth-order valence-corrected chi connectivity index (χ4v) is 2.50. The molecule has 108 valence electrons. The summed E-state index contributed by atoms with van der Waals surface area (Å²) in [7, 11) is 0. The molecular weight excluding hydrogens is 268 g/mol. The van der Waals surface area contributed by atoms with Gasteiger partial charge in [0, 0.05) is 17.7 Å². The molecule has 0 heterocycles. The van der Waals surface area contributed by atoms with Crippen molar-refractivity contribution in [3.63, 3.8) is 0 Å². The molecule has 2 atom stereocenters. The van der Waals surface area contributed by atoms with Gasteiger partial charge in [-0.25, -0.2) is 8.78 Å². The SMILES string of the molecule is O=C(NC1CCCC(C(=O)O)C1)c1cc(F)cc(F)c1. The summed E-state index contributed by atoms with van der Waals surface area (Å²) in [5.41, 5.74) is -0.0973. The molecule has 0 aromatic heterocycles. The van der Waals surface area contributed by atoms with Crippen molar-refractivity contribution in [2.45, 2.75) is 31.7 Å². The van der Waals surface area contributed by atoms with Gasteiger partial charge in [-0.3, -0.25) is 9.59 Å². The number of amides is 1. The van der Waals surface area contributed by atoms with Crippen LogP contribution < -0.4 is 5.32 Å². The van der Waals surface area contributed by atoms with Crippen LogP contribution in [0.1, 0.15) is 36.0 Å². The number of halogens is 2. The van der Waals surface area contributed by atoms with Crippen molar-refractivity contribution in [2.75, 3.05) is 0 Å². The van der Waals surface area contributed by atoms with E-state index in [-0.39, 0.29) is 11.6 Å². The van der Waals surface area contributed by atoms with E-state index in [1.54, 1.807) is 0 Å². The second kappa shape index (κ2) is 5.98. The average Bonchev–Trinajstić information content (AvgIpc) is 2.37. The summed E-state index contributed by atoms with van der Waals surface area (Å²) in [6, 6.07) is 2.33. The van der Waals surface area contributed by atoms with Crippen LogP contribution in [0.25, 0.3) is 0 Å². The molecule has 1 amide bonds. The van der Waals surface area contributed by atoms with Gasteiger partial charge in [-0.1, -0.05) is 6.42 Å². The predicted molar refractivity (Wildman–Crippen MR) is 67.2 cm³/mol. The normalized spacial score (nSPS) is 22.3. The topological polar surface area (TPSA) is 66.4 Å². The van der Waals surface area contributed by atoms with Crippen molar-refractivity contribution in [1.82, 2.24) is 5.32 Å². The molecule has 1 fully saturated rings. The molecule has 0 spiro atoms. The van der Waals surface area contributed by atoms with Gasteiger partial charge in [-0.05, 0) is 31.4 Å². The summed E-state index contributed by atoms with van der Waals surface area (Å²) in [6.45, 7) is 0. The van der Waals surface area contributed by atoms with Crippen LogP contribution in [-0.2, 0) is 4.79 Å². The van der Waals surface area contributed by atoms with E-state index in [1.165, 1.54) is 0 Å². The largest absolute Gasteiger partial charge is 0.481 e. The first-order chi connectivity index (χ1) is 9.45. The maximum absolute atomic E-state index is 13.0. The van der Waals surface area contributed by atoms with Gasteiger partial charge >= 0.3 is 5.97 Å². The van der Waals surface area contributed by atoms with Gasteiger partial charge in [-0.15, -0.1) is 0 Å². The van der Waals surface area contributed by atoms with Crippen LogP contribution >= 0.6 is 0 Å². The molecule has 1 aliphatic carbocycles. The number of aliphatic carboxylic acids is 1. The molecule has 4 nitrogen and oxygen atoms in total. The first-order valence-corrected chi connectivity index (χ1v) is 6.45. The van der Waals surface area contributed by atoms with Crippen molar-refractivity contribution < 1.29 is 23.5 Å². The van der Waals surface area contributed by atoms with Crippen LogP contribution in [0.3, 0.4) is 0 Å². The highest BCUT2D eigenvalue weighted by molar-refractivity contribution is 5.94. The zero-order valence-corrected chi connectivity index (χ0v) is 10.7. The molecule has 2 N–H and O–H groups in total. The molecule has 6 heteroatoms. The quantitative estimate of drug-likeness (QED) is 0.894. The maximum atomic E-state index is 13.0. The summed E-state index contributed by atoms with van der Waals surface area (Å²) >= 11 is 0. The molecule has 0 saturated heterocycles. The Balaban J connectivity index is 2.02. The first-order valence-electron chi connectivity index (χ1n) is 6.45. The molecule has 2 unspecified atom stereocenters. The van der Waals surface area contributed by atoms with Crippen molar-refractivity contribution in [1.29, 1.82) is 0 Å². The monoisotopic (exact) mass is 283 g/mol. The van der Waals surface area contributed by atoms with Gasteiger partial charge in [0.25, 0.3) is 5.91 Å². The minimum atomic E-state index is -0.874. The van der Waals surface area contributed by atoms with Gasteiger partial charge < -0.3 is 10.4 Å². The zero-order valence-electron chi connectivity index (χ0n) is 10.7. The lowest BCUT2D eigenvalue weighted by Crippen LogP contribution is -2.40. The Bertz CT molecular complexity index is 513. The molecule has 1 aromatic carbocycles. The van der Waals surface area contributed by atoms with Crippen molar-refractivity contribution in [2.24, 2.45) is 5.92 Å². The lowest BCUT2D eigenvalue weighted by molar-refractivity contribution is -0.143. The Kier molecular flexibility index (Phi) is 4.32. The van der Waals surface area contributed by atoms with E-state index in [2.05, 4.69) is 5.32 Å². The van der Waals surface area contributed by atoms with Gasteiger partial charge in [-0.2, -0.15) is 0 Å². The molecule has 20 heavy (non-hydrogen) atoms. The number of carbonyl (C=O) groups excluding carboxylic acids is 1. The van der Waals surface area contributed by atoms with Gasteiger partial charge in [0.15, 0.2) is 0 Å². The number of nitrogens with one attached hydrogen (secondary N) is 1. The first kappa shape index (κ1) is 14.4. The Morgan fingerprint density at radius 2 is 1.80 bits per heavy atom. The number of carboxylic acid groups (broad SMARTS) is 1. The van der Waals surface area contributed by atoms with Crippen LogP contribution in [0.2, 0.25) is 0 Å². The predicted octanol–water partition coefficient (Wildman–Crippen LogP) is 2.34. The summed E-state index contributed by atoms with van der Waals surface area (Å²) in [5.74, 6) is -3.57. The van der Waals surface area contributed by atoms with Crippen LogP contribution in [0.15, 0.2) is 18.2 Å². The van der Waals surface area contributed by atoms with E-state index in [1.807, 2.05) is 0 Å². The Hall–Kier alpha value is -1.98. The zero-order chi connectivity index (χ0) is 14.7. The number of hydrogen-bond acceptors (Lipinski definition) is 2. The third kappa shape index (κ3) is 3.53. The fourth-order valence-electron chi connectivity index (χ4n) is 2.50. The molecule has 1 saturated carbocycles.